The molecule has 0 radical (unpaired) electrons. The van der Waals surface area contributed by atoms with E-state index in [0.717, 1.165) is 37.5 Å². The highest BCUT2D eigenvalue weighted by Crippen LogP contribution is 2.34. The molecule has 3 aromatic rings. The van der Waals surface area contributed by atoms with Crippen LogP contribution in [0.4, 0.5) is 11.5 Å². The number of nitrogens with one attached hydrogen (secondary N) is 2. The van der Waals surface area contributed by atoms with Crippen molar-refractivity contribution >= 4 is 44.9 Å². The van der Waals surface area contributed by atoms with Crippen molar-refractivity contribution in [2.45, 2.75) is 25.8 Å². The number of amides is 1. The number of fused-ring (bicyclic) bond motifs is 2. The molecule has 1 atom stereocenters. The first-order valence-corrected chi connectivity index (χ1v) is 12.9. The molecule has 2 aromatic heterocycles. The van der Waals surface area contributed by atoms with Gasteiger partial charge in [0.1, 0.15) is 17.2 Å². The number of amidine groups is 1. The lowest BCUT2D eigenvalue weighted by Crippen LogP contribution is -2.37. The highest BCUT2D eigenvalue weighted by atomic mass is 32.1. The number of nitrogens with zero attached hydrogens (tertiary/aromatic N) is 4. The number of anilines is 2. The number of nitrogen functional groups attached to an aromatic ring is 1. The smallest absolute Gasteiger partial charge is 0.298 e. The van der Waals surface area contributed by atoms with Crippen molar-refractivity contribution in [2.24, 2.45) is 5.73 Å². The van der Waals surface area contributed by atoms with Crippen LogP contribution in [0, 0.1) is 5.41 Å². The van der Waals surface area contributed by atoms with E-state index in [4.69, 9.17) is 21.6 Å². The van der Waals surface area contributed by atoms with Crippen LogP contribution in [0.2, 0.25) is 0 Å². The second kappa shape index (κ2) is 9.78. The van der Waals surface area contributed by atoms with E-state index in [9.17, 15) is 9.59 Å². The SMILES string of the molecule is CCN1CCOc2ccc(-n3c(=O)c(N)nc4sc(C(=O)NC5CCN(CCC(=N)N)C5)cc43)cc21. The second-order valence-electron chi connectivity index (χ2n) is 9.05. The fraction of sp³-hybridized carbons (Fsp3) is 0.417. The average Bonchev–Trinajstić information content (AvgIpc) is 3.49. The van der Waals surface area contributed by atoms with E-state index in [2.05, 4.69) is 27.0 Å². The van der Waals surface area contributed by atoms with Gasteiger partial charge in [-0.15, -0.1) is 11.3 Å². The zero-order chi connectivity index (χ0) is 25.4. The molecule has 4 heterocycles. The van der Waals surface area contributed by atoms with Gasteiger partial charge >= 0.3 is 0 Å². The van der Waals surface area contributed by atoms with E-state index in [1.54, 1.807) is 6.07 Å². The number of ether oxygens (including phenoxy) is 1. The number of likely N-dealkylation sites (tertiary alicyclic amines) is 1. The lowest BCUT2D eigenvalue weighted by molar-refractivity contribution is 0.0942. The maximum Gasteiger partial charge on any atom is 0.298 e. The molecule has 1 saturated heterocycles. The molecule has 0 bridgehead atoms. The topological polar surface area (TPSA) is 156 Å². The first-order chi connectivity index (χ1) is 17.3. The third kappa shape index (κ3) is 4.61. The van der Waals surface area contributed by atoms with Gasteiger partial charge in [0, 0.05) is 38.6 Å². The Kier molecular flexibility index (Phi) is 6.54. The van der Waals surface area contributed by atoms with Crippen molar-refractivity contribution in [1.82, 2.24) is 19.8 Å². The molecule has 11 nitrogen and oxygen atoms in total. The number of benzene rings is 1. The van der Waals surface area contributed by atoms with Crippen molar-refractivity contribution in [3.63, 3.8) is 0 Å². The lowest BCUT2D eigenvalue weighted by Gasteiger charge is -2.30. The largest absolute Gasteiger partial charge is 0.490 e. The fourth-order valence-corrected chi connectivity index (χ4v) is 5.71. The Morgan fingerprint density at radius 2 is 2.17 bits per heavy atom. The van der Waals surface area contributed by atoms with Gasteiger partial charge < -0.3 is 31.3 Å². The molecule has 0 aliphatic carbocycles. The molecule has 0 saturated carbocycles. The van der Waals surface area contributed by atoms with Gasteiger partial charge in [0.15, 0.2) is 5.82 Å². The third-order valence-electron chi connectivity index (χ3n) is 6.65. The van der Waals surface area contributed by atoms with Crippen LogP contribution in [-0.4, -0.2) is 71.6 Å². The lowest BCUT2D eigenvalue weighted by atomic mass is 10.2. The summed E-state index contributed by atoms with van der Waals surface area (Å²) in [4.78, 5) is 35.9. The van der Waals surface area contributed by atoms with Crippen LogP contribution in [0.25, 0.3) is 16.0 Å². The highest BCUT2D eigenvalue weighted by molar-refractivity contribution is 7.20. The summed E-state index contributed by atoms with van der Waals surface area (Å²) < 4.78 is 7.30. The van der Waals surface area contributed by atoms with Crippen molar-refractivity contribution in [3.05, 3.63) is 39.5 Å². The molecule has 2 aliphatic rings. The number of carbonyl (C=O) groups excluding carboxylic acids is 1. The number of thiophene rings is 1. The normalized spacial score (nSPS) is 17.7. The molecule has 0 spiro atoms. The third-order valence-corrected chi connectivity index (χ3v) is 7.67. The summed E-state index contributed by atoms with van der Waals surface area (Å²) in [5.41, 5.74) is 13.1. The monoisotopic (exact) mass is 510 g/mol. The zero-order valence-electron chi connectivity index (χ0n) is 20.1. The Morgan fingerprint density at radius 3 is 2.94 bits per heavy atom. The van der Waals surface area contributed by atoms with E-state index in [1.165, 1.54) is 15.9 Å². The molecule has 5 rings (SSSR count). The van der Waals surface area contributed by atoms with E-state index >= 15 is 0 Å². The minimum Gasteiger partial charge on any atom is -0.490 e. The number of nitrogens with two attached hydrogens (primary N) is 2. The minimum absolute atomic E-state index is 0.00978. The summed E-state index contributed by atoms with van der Waals surface area (Å²) in [6.07, 6.45) is 1.35. The number of rotatable bonds is 7. The molecule has 36 heavy (non-hydrogen) atoms. The maximum absolute atomic E-state index is 13.1. The van der Waals surface area contributed by atoms with Crippen LogP contribution in [0.5, 0.6) is 5.75 Å². The van der Waals surface area contributed by atoms with E-state index in [-0.39, 0.29) is 23.6 Å². The van der Waals surface area contributed by atoms with Crippen LogP contribution < -0.4 is 32.0 Å². The maximum atomic E-state index is 13.1. The van der Waals surface area contributed by atoms with Gasteiger partial charge in [-0.3, -0.25) is 19.6 Å². The number of carbonyl (C=O) groups is 1. The van der Waals surface area contributed by atoms with Gasteiger partial charge in [-0.05, 0) is 37.6 Å². The Hall–Kier alpha value is -3.64. The van der Waals surface area contributed by atoms with Gasteiger partial charge in [-0.25, -0.2) is 4.98 Å². The number of hydrogen-bond donors (Lipinski definition) is 4. The first-order valence-electron chi connectivity index (χ1n) is 12.0. The van der Waals surface area contributed by atoms with E-state index in [1.807, 2.05) is 18.2 Å². The molecule has 190 valence electrons. The van der Waals surface area contributed by atoms with Crippen molar-refractivity contribution in [3.8, 4) is 11.4 Å². The van der Waals surface area contributed by atoms with Gasteiger partial charge in [0.2, 0.25) is 0 Å². The average molecular weight is 511 g/mol. The molecular formula is C24H30N8O3S. The number of aromatic nitrogens is 2. The molecule has 12 heteroatoms. The van der Waals surface area contributed by atoms with Crippen LogP contribution >= 0.6 is 11.3 Å². The predicted molar refractivity (Wildman–Crippen MR) is 142 cm³/mol. The van der Waals surface area contributed by atoms with Crippen LogP contribution in [0.1, 0.15) is 29.4 Å². The molecule has 2 aliphatic heterocycles. The minimum atomic E-state index is -0.427. The fourth-order valence-electron chi connectivity index (χ4n) is 4.78. The summed E-state index contributed by atoms with van der Waals surface area (Å²) in [5.74, 6) is 0.622. The van der Waals surface area contributed by atoms with Crippen molar-refractivity contribution < 1.29 is 9.53 Å². The molecular weight excluding hydrogens is 480 g/mol. The Balaban J connectivity index is 1.43. The standard InChI is InChI=1S/C24H30N8O3S/c1-2-31-9-10-35-18-4-3-15(11-16(18)31)32-17-12-19(36-23(17)29-21(27)24(32)34)22(33)28-14-5-7-30(13-14)8-6-20(25)26/h3-4,11-12,14H,2,5-10,13H2,1H3,(H3,25,26)(H2,27,29)(H,28,33). The van der Waals surface area contributed by atoms with Gasteiger partial charge in [0.25, 0.3) is 11.5 Å². The molecule has 1 amide bonds. The Bertz CT molecular complexity index is 1380. The Labute approximate surface area is 212 Å². The summed E-state index contributed by atoms with van der Waals surface area (Å²) in [5, 5.41) is 10.5. The summed E-state index contributed by atoms with van der Waals surface area (Å²) in [7, 11) is 0. The van der Waals surface area contributed by atoms with Crippen molar-refractivity contribution in [2.75, 3.05) is 50.0 Å². The predicted octanol–water partition coefficient (Wildman–Crippen LogP) is 1.38. The summed E-state index contributed by atoms with van der Waals surface area (Å²) in [6.45, 7) is 6.55. The van der Waals surface area contributed by atoms with Gasteiger partial charge in [-0.2, -0.15) is 0 Å². The van der Waals surface area contributed by atoms with Crippen molar-refractivity contribution in [1.29, 1.82) is 5.41 Å². The summed E-state index contributed by atoms with van der Waals surface area (Å²) >= 11 is 1.21. The molecule has 6 N–H and O–H groups in total. The number of likely N-dealkylation sites (N-methyl/N-ethyl adjacent to an activating group) is 1. The highest BCUT2D eigenvalue weighted by Gasteiger charge is 2.26. The quantitative estimate of drug-likeness (QED) is 0.274. The van der Waals surface area contributed by atoms with E-state index in [0.29, 0.717) is 47.0 Å². The van der Waals surface area contributed by atoms with Crippen LogP contribution in [0.15, 0.2) is 29.1 Å². The van der Waals surface area contributed by atoms with Crippen LogP contribution in [0.3, 0.4) is 0 Å². The Morgan fingerprint density at radius 1 is 1.33 bits per heavy atom. The molecule has 1 aromatic carbocycles. The second-order valence-corrected chi connectivity index (χ2v) is 10.1. The van der Waals surface area contributed by atoms with Crippen LogP contribution in [-0.2, 0) is 0 Å². The molecule has 1 fully saturated rings. The van der Waals surface area contributed by atoms with Gasteiger partial charge in [0.05, 0.1) is 34.1 Å². The first kappa shape index (κ1) is 24.1. The number of hydrogen-bond acceptors (Lipinski definition) is 9. The van der Waals surface area contributed by atoms with E-state index < -0.39 is 5.56 Å². The summed E-state index contributed by atoms with van der Waals surface area (Å²) in [6, 6.07) is 7.32. The molecule has 1 unspecified atom stereocenters. The zero-order valence-corrected chi connectivity index (χ0v) is 20.9. The van der Waals surface area contributed by atoms with Gasteiger partial charge in [-0.1, -0.05) is 0 Å².